The van der Waals surface area contributed by atoms with E-state index >= 15 is 0 Å². The van der Waals surface area contributed by atoms with Gasteiger partial charge >= 0.3 is 6.18 Å². The molecule has 0 aliphatic carbocycles. The van der Waals surface area contributed by atoms with Gasteiger partial charge in [-0.15, -0.1) is 0 Å². The van der Waals surface area contributed by atoms with Crippen LogP contribution in [0.3, 0.4) is 0 Å². The van der Waals surface area contributed by atoms with E-state index in [-0.39, 0.29) is 5.56 Å². The molecule has 0 spiro atoms. The van der Waals surface area contributed by atoms with Crippen LogP contribution in [0.4, 0.5) is 13.2 Å². The van der Waals surface area contributed by atoms with Crippen molar-refractivity contribution in [2.75, 3.05) is 14.2 Å². The van der Waals surface area contributed by atoms with Crippen molar-refractivity contribution in [2.45, 2.75) is 31.2 Å². The fourth-order valence-electron chi connectivity index (χ4n) is 3.00. The number of carbonyl (C=O) groups excluding carboxylic acids is 1. The summed E-state index contributed by atoms with van der Waals surface area (Å²) < 4.78 is 51.7. The van der Waals surface area contributed by atoms with Crippen LogP contribution in [0.2, 0.25) is 0 Å². The molecule has 4 nitrogen and oxygen atoms in total. The van der Waals surface area contributed by atoms with Gasteiger partial charge in [0.25, 0.3) is 11.5 Å². The maximum Gasteiger partial charge on any atom is 0.430 e. The number of benzene rings is 2. The summed E-state index contributed by atoms with van der Waals surface area (Å²) in [5.41, 5.74) is -2.58. The first-order valence-corrected chi connectivity index (χ1v) is 8.36. The fourth-order valence-corrected chi connectivity index (χ4v) is 3.00. The normalized spacial score (nSPS) is 14.9. The topological polar surface area (TPSA) is 47.6 Å². The molecule has 2 rings (SSSR count). The van der Waals surface area contributed by atoms with Crippen molar-refractivity contribution in [3.8, 4) is 5.75 Å². The van der Waals surface area contributed by atoms with E-state index in [1.165, 1.54) is 31.4 Å². The Bertz CT molecular complexity index is 765. The number of rotatable bonds is 7. The zero-order chi connectivity index (χ0) is 20.1. The Kier molecular flexibility index (Phi) is 6.49. The minimum absolute atomic E-state index is 0.276. The van der Waals surface area contributed by atoms with Crippen LogP contribution in [0.5, 0.6) is 5.75 Å². The molecule has 2 aromatic rings. The lowest BCUT2D eigenvalue weighted by molar-refractivity contribution is -0.266. The van der Waals surface area contributed by atoms with E-state index < -0.39 is 23.7 Å². The quantitative estimate of drug-likeness (QED) is 0.793. The third kappa shape index (κ3) is 4.24. The molecular formula is C20H22F3NO3. The van der Waals surface area contributed by atoms with E-state index in [1.807, 2.05) is 0 Å². The molecule has 27 heavy (non-hydrogen) atoms. The number of nitrogens with one attached hydrogen (secondary N) is 1. The first-order valence-electron chi connectivity index (χ1n) is 8.36. The van der Waals surface area contributed by atoms with Gasteiger partial charge in [0.05, 0.1) is 7.11 Å². The van der Waals surface area contributed by atoms with Crippen molar-refractivity contribution >= 4 is 5.91 Å². The summed E-state index contributed by atoms with van der Waals surface area (Å²) in [5, 5.41) is 2.44. The van der Waals surface area contributed by atoms with Gasteiger partial charge in [-0.2, -0.15) is 13.2 Å². The summed E-state index contributed by atoms with van der Waals surface area (Å²) >= 11 is 0. The van der Waals surface area contributed by atoms with E-state index in [4.69, 9.17) is 9.47 Å². The largest absolute Gasteiger partial charge is 0.496 e. The molecule has 0 aliphatic heterocycles. The number of methoxy groups -OCH3 is 2. The van der Waals surface area contributed by atoms with Crippen molar-refractivity contribution < 1.29 is 27.4 Å². The Morgan fingerprint density at radius 1 is 1.04 bits per heavy atom. The fraction of sp³-hybridized carbons (Fsp3) is 0.350. The first-order chi connectivity index (χ1) is 12.8. The number of amides is 1. The molecule has 146 valence electrons. The van der Waals surface area contributed by atoms with Crippen LogP contribution in [-0.2, 0) is 21.6 Å². The molecule has 1 amide bonds. The molecule has 0 radical (unpaired) electrons. The van der Waals surface area contributed by atoms with Crippen LogP contribution in [0.25, 0.3) is 0 Å². The van der Waals surface area contributed by atoms with Crippen LogP contribution in [0.1, 0.15) is 18.1 Å². The van der Waals surface area contributed by atoms with Gasteiger partial charge in [-0.05, 0) is 25.0 Å². The van der Waals surface area contributed by atoms with Gasteiger partial charge in [0, 0.05) is 18.7 Å². The highest BCUT2D eigenvalue weighted by atomic mass is 19.4. The van der Waals surface area contributed by atoms with E-state index in [9.17, 15) is 18.0 Å². The molecular weight excluding hydrogens is 359 g/mol. The van der Waals surface area contributed by atoms with Crippen molar-refractivity contribution in [1.82, 2.24) is 5.32 Å². The zero-order valence-electron chi connectivity index (χ0n) is 15.3. The number of hydrogen-bond acceptors (Lipinski definition) is 3. The molecule has 2 atom stereocenters. The Labute approximate surface area is 156 Å². The zero-order valence-corrected chi connectivity index (χ0v) is 15.3. The first kappa shape index (κ1) is 20.8. The molecule has 0 saturated heterocycles. The number of halogens is 3. The van der Waals surface area contributed by atoms with E-state index in [0.29, 0.717) is 12.2 Å². The summed E-state index contributed by atoms with van der Waals surface area (Å²) in [6.07, 6.45) is -4.63. The van der Waals surface area contributed by atoms with Crippen LogP contribution < -0.4 is 10.1 Å². The minimum atomic E-state index is -4.93. The van der Waals surface area contributed by atoms with Gasteiger partial charge in [0.1, 0.15) is 5.75 Å². The molecule has 0 bridgehead atoms. The van der Waals surface area contributed by atoms with Gasteiger partial charge in [0.2, 0.25) is 0 Å². The van der Waals surface area contributed by atoms with E-state index in [0.717, 1.165) is 12.7 Å². The van der Waals surface area contributed by atoms with Gasteiger partial charge < -0.3 is 14.8 Å². The average Bonchev–Trinajstić information content (AvgIpc) is 2.62. The number of carbonyl (C=O) groups is 1. The molecule has 0 unspecified atom stereocenters. The third-order valence-corrected chi connectivity index (χ3v) is 4.30. The average molecular weight is 381 g/mol. The molecule has 0 aliphatic rings. The van der Waals surface area contributed by atoms with E-state index in [1.54, 1.807) is 37.3 Å². The summed E-state index contributed by atoms with van der Waals surface area (Å²) in [6.45, 7) is 1.63. The predicted molar refractivity (Wildman–Crippen MR) is 95.5 cm³/mol. The highest BCUT2D eigenvalue weighted by Gasteiger charge is 2.62. The molecule has 1 N–H and O–H groups in total. The van der Waals surface area contributed by atoms with E-state index in [2.05, 4.69) is 5.32 Å². The molecule has 7 heteroatoms. The van der Waals surface area contributed by atoms with Gasteiger partial charge in [-0.25, -0.2) is 0 Å². The minimum Gasteiger partial charge on any atom is -0.496 e. The van der Waals surface area contributed by atoms with Crippen LogP contribution in [0.15, 0.2) is 54.6 Å². The standard InChI is InChI=1S/C20H22F3NO3/c1-14(13-15-9-7-8-12-17(15)26-2)24-18(25)19(27-3,20(21,22)23)16-10-5-4-6-11-16/h4-12,14H,13H2,1-3H3,(H,24,25)/t14-,19-/m1/s1. The molecule has 2 aromatic carbocycles. The number of alkyl halides is 3. The molecule has 0 aromatic heterocycles. The molecule has 0 heterocycles. The van der Waals surface area contributed by atoms with Crippen LogP contribution in [0, 0.1) is 0 Å². The number of hydrogen-bond donors (Lipinski definition) is 1. The maximum atomic E-state index is 13.9. The smallest absolute Gasteiger partial charge is 0.430 e. The second-order valence-electron chi connectivity index (χ2n) is 6.14. The Morgan fingerprint density at radius 3 is 2.19 bits per heavy atom. The lowest BCUT2D eigenvalue weighted by Gasteiger charge is -2.34. The Hall–Kier alpha value is -2.54. The summed E-state index contributed by atoms with van der Waals surface area (Å²) in [6, 6.07) is 13.4. The Balaban J connectivity index is 2.28. The predicted octanol–water partition coefficient (Wildman–Crippen LogP) is 3.85. The summed E-state index contributed by atoms with van der Waals surface area (Å²) in [4.78, 5) is 12.7. The highest BCUT2D eigenvalue weighted by molar-refractivity contribution is 5.88. The lowest BCUT2D eigenvalue weighted by Crippen LogP contribution is -2.57. The maximum absolute atomic E-state index is 13.9. The SMILES string of the molecule is COc1ccccc1C[C@@H](C)NC(=O)[C@](OC)(c1ccccc1)C(F)(F)F. The monoisotopic (exact) mass is 381 g/mol. The van der Waals surface area contributed by atoms with Gasteiger partial charge in [0.15, 0.2) is 0 Å². The van der Waals surface area contributed by atoms with Crippen molar-refractivity contribution in [3.63, 3.8) is 0 Å². The third-order valence-electron chi connectivity index (χ3n) is 4.30. The van der Waals surface area contributed by atoms with Crippen LogP contribution >= 0.6 is 0 Å². The van der Waals surface area contributed by atoms with Gasteiger partial charge in [-0.1, -0.05) is 48.5 Å². The van der Waals surface area contributed by atoms with Crippen molar-refractivity contribution in [1.29, 1.82) is 0 Å². The number of para-hydroxylation sites is 1. The Morgan fingerprint density at radius 2 is 1.63 bits per heavy atom. The van der Waals surface area contributed by atoms with Crippen molar-refractivity contribution in [2.24, 2.45) is 0 Å². The highest BCUT2D eigenvalue weighted by Crippen LogP contribution is 2.42. The molecule has 0 fully saturated rings. The summed E-state index contributed by atoms with van der Waals surface area (Å²) in [7, 11) is 2.39. The summed E-state index contributed by atoms with van der Waals surface area (Å²) in [5.74, 6) is -0.651. The van der Waals surface area contributed by atoms with Crippen LogP contribution in [-0.4, -0.2) is 32.3 Å². The second-order valence-corrected chi connectivity index (χ2v) is 6.14. The second kappa shape index (κ2) is 8.43. The number of ether oxygens (including phenoxy) is 2. The van der Waals surface area contributed by atoms with Gasteiger partial charge in [-0.3, -0.25) is 4.79 Å². The molecule has 0 saturated carbocycles. The van der Waals surface area contributed by atoms with Crippen molar-refractivity contribution in [3.05, 3.63) is 65.7 Å². The lowest BCUT2D eigenvalue weighted by atomic mass is 9.91.